The van der Waals surface area contributed by atoms with Crippen molar-refractivity contribution in [3.63, 3.8) is 0 Å². The van der Waals surface area contributed by atoms with Crippen LogP contribution in [0.4, 0.5) is 0 Å². The fraction of sp³-hybridized carbons (Fsp3) is 0.812. The second kappa shape index (κ2) is 32.6. The van der Waals surface area contributed by atoms with Crippen LogP contribution in [0, 0.1) is 0 Å². The Labute approximate surface area is 254 Å². The molecule has 0 aromatic heterocycles. The number of unbranched alkanes of at least 4 members (excludes halogenated alkanes) is 5. The number of hydrogen-bond acceptors (Lipinski definition) is 10. The molecule has 0 unspecified atom stereocenters. The highest BCUT2D eigenvalue weighted by atomic mass is 16.6. The van der Waals surface area contributed by atoms with E-state index in [0.29, 0.717) is 112 Å². The van der Waals surface area contributed by atoms with Crippen LogP contribution >= 0.6 is 0 Å². The van der Waals surface area contributed by atoms with Crippen LogP contribution in [0.15, 0.2) is 24.3 Å². The number of aliphatic hydroxyl groups is 1. The van der Waals surface area contributed by atoms with E-state index in [9.17, 15) is 0 Å². The number of ether oxygens (including phenoxy) is 9. The van der Waals surface area contributed by atoms with Gasteiger partial charge in [-0.15, -0.1) is 0 Å². The summed E-state index contributed by atoms with van der Waals surface area (Å²) >= 11 is 0. The molecule has 0 fully saturated rings. The summed E-state index contributed by atoms with van der Waals surface area (Å²) in [6.07, 6.45) is 8.86. The lowest BCUT2D eigenvalue weighted by molar-refractivity contribution is -0.0242. The molecule has 0 amide bonds. The van der Waals surface area contributed by atoms with Gasteiger partial charge in [-0.05, 0) is 24.5 Å². The van der Waals surface area contributed by atoms with Gasteiger partial charge in [0.2, 0.25) is 0 Å². The average molecular weight is 603 g/mol. The first-order valence-electron chi connectivity index (χ1n) is 15.8. The van der Waals surface area contributed by atoms with Gasteiger partial charge in [-0.2, -0.15) is 0 Å². The SMILES string of the molecule is CCCCCCCCc1ccccc1OCCOCCOCCOCCOCCOCCOCCOCCOCCO. The smallest absolute Gasteiger partial charge is 0.122 e. The first-order valence-corrected chi connectivity index (χ1v) is 15.8. The summed E-state index contributed by atoms with van der Waals surface area (Å²) in [4.78, 5) is 0. The predicted octanol–water partition coefficient (Wildman–Crippen LogP) is 4.09. The molecule has 1 rings (SSSR count). The van der Waals surface area contributed by atoms with Crippen molar-refractivity contribution in [3.05, 3.63) is 29.8 Å². The number of para-hydroxylation sites is 1. The molecule has 42 heavy (non-hydrogen) atoms. The van der Waals surface area contributed by atoms with E-state index >= 15 is 0 Å². The molecule has 1 aromatic carbocycles. The van der Waals surface area contributed by atoms with E-state index < -0.39 is 0 Å². The summed E-state index contributed by atoms with van der Waals surface area (Å²) < 4.78 is 49.4. The summed E-state index contributed by atoms with van der Waals surface area (Å²) in [5, 5.41) is 8.58. The molecule has 0 saturated heterocycles. The van der Waals surface area contributed by atoms with E-state index in [2.05, 4.69) is 19.1 Å². The zero-order chi connectivity index (χ0) is 30.0. The van der Waals surface area contributed by atoms with Crippen molar-refractivity contribution < 1.29 is 47.7 Å². The van der Waals surface area contributed by atoms with Gasteiger partial charge < -0.3 is 47.7 Å². The summed E-state index contributed by atoms with van der Waals surface area (Å²) in [6, 6.07) is 8.32. The van der Waals surface area contributed by atoms with Crippen molar-refractivity contribution in [2.75, 3.05) is 119 Å². The molecule has 0 aliphatic heterocycles. The fourth-order valence-corrected chi connectivity index (χ4v) is 3.86. The number of aliphatic hydroxyl groups excluding tert-OH is 1. The van der Waals surface area contributed by atoms with Crippen molar-refractivity contribution in [3.8, 4) is 5.75 Å². The second-order valence-corrected chi connectivity index (χ2v) is 9.60. The third-order valence-corrected chi connectivity index (χ3v) is 6.10. The minimum atomic E-state index is 0.0298. The van der Waals surface area contributed by atoms with E-state index in [-0.39, 0.29) is 6.61 Å². The topological polar surface area (TPSA) is 103 Å². The minimum absolute atomic E-state index is 0.0298. The molecular weight excluding hydrogens is 544 g/mol. The first kappa shape index (κ1) is 38.7. The third-order valence-electron chi connectivity index (χ3n) is 6.10. The molecule has 0 aliphatic rings. The van der Waals surface area contributed by atoms with Gasteiger partial charge in [0.1, 0.15) is 12.4 Å². The predicted molar refractivity (Wildman–Crippen MR) is 163 cm³/mol. The molecule has 0 heterocycles. The maximum Gasteiger partial charge on any atom is 0.122 e. The molecule has 0 atom stereocenters. The maximum absolute atomic E-state index is 8.58. The number of rotatable bonds is 34. The Hall–Kier alpha value is -1.34. The van der Waals surface area contributed by atoms with Crippen LogP contribution in [0.5, 0.6) is 5.75 Å². The van der Waals surface area contributed by atoms with Crippen LogP contribution in [0.25, 0.3) is 0 Å². The molecular formula is C32H58O10. The number of hydrogen-bond donors (Lipinski definition) is 1. The van der Waals surface area contributed by atoms with E-state index in [4.69, 9.17) is 47.7 Å². The molecule has 0 saturated carbocycles. The van der Waals surface area contributed by atoms with Crippen LogP contribution in [0.3, 0.4) is 0 Å². The van der Waals surface area contributed by atoms with Gasteiger partial charge in [-0.25, -0.2) is 0 Å². The summed E-state index contributed by atoms with van der Waals surface area (Å²) in [7, 11) is 0. The Morgan fingerprint density at radius 2 is 0.833 bits per heavy atom. The normalized spacial score (nSPS) is 11.4. The average Bonchev–Trinajstić information content (AvgIpc) is 3.01. The zero-order valence-corrected chi connectivity index (χ0v) is 26.1. The fourth-order valence-electron chi connectivity index (χ4n) is 3.86. The monoisotopic (exact) mass is 602 g/mol. The van der Waals surface area contributed by atoms with Crippen molar-refractivity contribution in [2.45, 2.75) is 51.9 Å². The largest absolute Gasteiger partial charge is 0.491 e. The van der Waals surface area contributed by atoms with Gasteiger partial charge in [-0.3, -0.25) is 0 Å². The molecule has 0 spiro atoms. The van der Waals surface area contributed by atoms with Gasteiger partial charge in [-0.1, -0.05) is 57.2 Å². The second-order valence-electron chi connectivity index (χ2n) is 9.60. The molecule has 10 heteroatoms. The highest BCUT2D eigenvalue weighted by Gasteiger charge is 2.03. The highest BCUT2D eigenvalue weighted by Crippen LogP contribution is 2.20. The van der Waals surface area contributed by atoms with Crippen LogP contribution in [0.2, 0.25) is 0 Å². The Balaban J connectivity index is 1.77. The van der Waals surface area contributed by atoms with Crippen molar-refractivity contribution >= 4 is 0 Å². The van der Waals surface area contributed by atoms with E-state index in [1.165, 1.54) is 44.1 Å². The van der Waals surface area contributed by atoms with Gasteiger partial charge >= 0.3 is 0 Å². The summed E-state index contributed by atoms with van der Waals surface area (Å²) in [5.41, 5.74) is 1.29. The molecule has 0 bridgehead atoms. The summed E-state index contributed by atoms with van der Waals surface area (Å²) in [5.74, 6) is 0.973. The highest BCUT2D eigenvalue weighted by molar-refractivity contribution is 5.33. The maximum atomic E-state index is 8.58. The minimum Gasteiger partial charge on any atom is -0.491 e. The van der Waals surface area contributed by atoms with Crippen LogP contribution in [-0.2, 0) is 44.3 Å². The Bertz CT molecular complexity index is 664. The molecule has 246 valence electrons. The Morgan fingerprint density at radius 1 is 0.452 bits per heavy atom. The molecule has 1 aromatic rings. The standard InChI is InChI=1S/C32H58O10/c1-2-3-4-5-6-7-10-31-11-8-9-12-32(31)42-30-29-41-28-27-40-26-25-39-24-23-38-22-21-37-20-19-36-18-17-35-16-15-34-14-13-33/h8-9,11-12,33H,2-7,10,13-30H2,1H3. The molecule has 10 nitrogen and oxygen atoms in total. The van der Waals surface area contributed by atoms with E-state index in [1.54, 1.807) is 0 Å². The number of aryl methyl sites for hydroxylation is 1. The van der Waals surface area contributed by atoms with E-state index in [0.717, 1.165) is 12.2 Å². The van der Waals surface area contributed by atoms with Crippen LogP contribution < -0.4 is 4.74 Å². The van der Waals surface area contributed by atoms with Crippen molar-refractivity contribution in [2.24, 2.45) is 0 Å². The first-order chi connectivity index (χ1) is 20.9. The van der Waals surface area contributed by atoms with Gasteiger partial charge in [0.05, 0.1) is 112 Å². The Kier molecular flexibility index (Phi) is 30.0. The third kappa shape index (κ3) is 26.3. The van der Waals surface area contributed by atoms with Gasteiger partial charge in [0.15, 0.2) is 0 Å². The number of benzene rings is 1. The van der Waals surface area contributed by atoms with Crippen molar-refractivity contribution in [1.82, 2.24) is 0 Å². The van der Waals surface area contributed by atoms with Crippen LogP contribution in [0.1, 0.15) is 51.0 Å². The molecule has 1 N–H and O–H groups in total. The molecule has 0 aliphatic carbocycles. The van der Waals surface area contributed by atoms with E-state index in [1.807, 2.05) is 12.1 Å². The summed E-state index contributed by atoms with van der Waals surface area (Å²) in [6.45, 7) is 10.9. The van der Waals surface area contributed by atoms with Gasteiger partial charge in [0, 0.05) is 0 Å². The zero-order valence-electron chi connectivity index (χ0n) is 26.1. The van der Waals surface area contributed by atoms with Gasteiger partial charge in [0.25, 0.3) is 0 Å². The lowest BCUT2D eigenvalue weighted by Gasteiger charge is -2.12. The van der Waals surface area contributed by atoms with Crippen molar-refractivity contribution in [1.29, 1.82) is 0 Å². The Morgan fingerprint density at radius 3 is 1.29 bits per heavy atom. The van der Waals surface area contributed by atoms with Crippen LogP contribution in [-0.4, -0.2) is 124 Å². The lowest BCUT2D eigenvalue weighted by Crippen LogP contribution is -2.15. The molecule has 0 radical (unpaired) electrons. The lowest BCUT2D eigenvalue weighted by atomic mass is 10.0. The quantitative estimate of drug-likeness (QED) is 0.116.